The Morgan fingerprint density at radius 1 is 0.563 bits per heavy atom. The quantitative estimate of drug-likeness (QED) is 0.0141. The number of carbonyl (C=O) groups is 16. The van der Waals surface area contributed by atoms with Gasteiger partial charge >= 0.3 is 0 Å². The van der Waals surface area contributed by atoms with Crippen LogP contribution in [0.5, 0.6) is 5.75 Å². The molecule has 0 aromatic heterocycles. The molecule has 18 atom stereocenters. The van der Waals surface area contributed by atoms with Gasteiger partial charge in [0, 0.05) is 18.7 Å². The minimum Gasteiger partial charge on any atom is -0.508 e. The predicted octanol–water partition coefficient (Wildman–Crippen LogP) is 0.687. The average Bonchev–Trinajstić information content (AvgIpc) is 1.64. The summed E-state index contributed by atoms with van der Waals surface area (Å²) in [5.74, 6) is -6.91. The van der Waals surface area contributed by atoms with Crippen LogP contribution in [0.2, 0.25) is 0 Å². The van der Waals surface area contributed by atoms with Gasteiger partial charge in [0.15, 0.2) is 5.37 Å². The number of aldehydes is 1. The molecule has 3 rings (SSSR count). The van der Waals surface area contributed by atoms with Gasteiger partial charge in [-0.2, -0.15) is 11.8 Å². The van der Waals surface area contributed by atoms with E-state index in [-0.39, 0.29) is 81.5 Å². The van der Waals surface area contributed by atoms with Gasteiger partial charge in [0.05, 0.1) is 30.8 Å². The van der Waals surface area contributed by atoms with Crippen LogP contribution in [0.1, 0.15) is 237 Å². The Morgan fingerprint density at radius 2 is 1.11 bits per heavy atom. The zero-order chi connectivity index (χ0) is 94.3. The van der Waals surface area contributed by atoms with Gasteiger partial charge in [0.25, 0.3) is 5.91 Å². The van der Waals surface area contributed by atoms with E-state index in [1.54, 1.807) is 34.6 Å². The number of nitrogens with one attached hydrogen (secondary N) is 14. The molecule has 0 radical (unpaired) electrons. The topological polar surface area (TPSA) is 589 Å². The van der Waals surface area contributed by atoms with Crippen molar-refractivity contribution in [2.45, 2.75) is 334 Å². The Labute approximate surface area is 752 Å². The first-order valence-corrected chi connectivity index (χ1v) is 47.4. The maximum Gasteiger partial charge on any atom is 0.253 e. The number of Topliss-reactive ketones (excluding diaryl/α,β-unsaturated/α-hetero) is 2. The monoisotopic (exact) mass is 1810 g/mol. The number of rotatable bonds is 42. The lowest BCUT2D eigenvalue weighted by Gasteiger charge is -2.31. The standard InChI is InChI=1S/C87H151N19O18S2/c1-14-53(9)70(83(121)99-64(44-50(3)4)78(116)95-59(47-107)48-108)102-80(118)66(46-58-34-36-60(109)37-35-58)98-74(112)56(12)94-85(123)86-104-75(113)57(13)93-76(114)61(30-21-24-38-88)96-77(115)62(31-22-25-39-89)97-79(117)65(45-51(5)6)100-84(122)71(54(10)15-2)103-82(120)69(52(7)8)101-81(119)67(49-125-42-27-19-17-16-18-20-28-43-126-86)92-55(11)72(110)73(111)68-33-29-41-106(68)87(124)63(105-91)32-23-26-40-90/h34-37,47,50-57,59,61-71,86,92,105,108-109H,14-33,38-46,48-49,88-91H2,1-13H3,(H,93,114)(H,94,123)(H,95,116)(H,96,115)(H,97,117)(H,98,112)(H,99,121)(H,100,122)(H,101,119)(H,102,118)(H,103,120)(H,104,113)/t53-,54-,55-,56?,57?,59?,61-,62?,63-,64-,65-,66-,67?,68-,69-,70-,71-,86?/m0/s1. The summed E-state index contributed by atoms with van der Waals surface area (Å²) in [5, 5.41) is 54.3. The van der Waals surface area contributed by atoms with Crippen LogP contribution in [0.4, 0.5) is 0 Å². The number of unbranched alkanes of at least 4 members (excludes halogenated alkanes) is 3. The van der Waals surface area contributed by atoms with Gasteiger partial charge in [-0.1, -0.05) is 133 Å². The van der Waals surface area contributed by atoms with Crippen LogP contribution in [0, 0.1) is 29.6 Å². The number of nitrogens with two attached hydrogens (primary N) is 4. The SMILES string of the molecule is CC[C@H](C)[C@H](NC(=O)[C@H](Cc1ccc(O)cc1)NC(=O)C(C)NC(=O)C1NC(=O)C(C)NC(=O)[C@H](CCCCN)NC(=O)C(CCCCN)NC(=O)[C@H](CC(C)C)NC(=O)[C@H]([C@@H](C)CC)NC(=O)[C@H](C(C)C)NC(=O)C(N[C@@H](C)C(=O)C(=O)[C@@H]2CCCN2C(=O)[C@H](CCCCN)NN)CSCCCCCCCCCS1)C(=O)N[C@@H](CC(C)C)C(=O)NC(C=O)CO. The van der Waals surface area contributed by atoms with Crippen molar-refractivity contribution >= 4 is 118 Å². The van der Waals surface area contributed by atoms with E-state index < -0.39 is 209 Å². The third kappa shape index (κ3) is 39.7. The average molecular weight is 1820 g/mol. The van der Waals surface area contributed by atoms with Crippen LogP contribution in [0.15, 0.2) is 24.3 Å². The van der Waals surface area contributed by atoms with Crippen LogP contribution in [0.3, 0.4) is 0 Å². The second-order valence-electron chi connectivity index (χ2n) is 34.5. The zero-order valence-corrected chi connectivity index (χ0v) is 78.1. The Hall–Kier alpha value is -8.44. The number of thioether (sulfide) groups is 2. The molecule has 0 bridgehead atoms. The largest absolute Gasteiger partial charge is 0.508 e. The number of hydrazine groups is 1. The fraction of sp³-hybridized carbons (Fsp3) is 0.747. The molecule has 37 nitrogen and oxygen atoms in total. The predicted molar refractivity (Wildman–Crippen MR) is 485 cm³/mol. The Kier molecular flexibility index (Phi) is 53.5. The molecule has 2 heterocycles. The zero-order valence-electron chi connectivity index (χ0n) is 76.4. The van der Waals surface area contributed by atoms with Crippen molar-refractivity contribution in [2.24, 2.45) is 52.6 Å². The summed E-state index contributed by atoms with van der Waals surface area (Å²) in [6.45, 7) is 22.3. The molecule has 2 aliphatic heterocycles. The second kappa shape index (κ2) is 60.4. The van der Waals surface area contributed by atoms with Gasteiger partial charge in [0.2, 0.25) is 82.5 Å². The van der Waals surface area contributed by atoms with E-state index in [9.17, 15) is 86.9 Å². The summed E-state index contributed by atoms with van der Waals surface area (Å²) >= 11 is 2.46. The van der Waals surface area contributed by atoms with E-state index >= 15 is 0 Å². The van der Waals surface area contributed by atoms with Crippen molar-refractivity contribution in [1.82, 2.24) is 79.4 Å². The van der Waals surface area contributed by atoms with Gasteiger partial charge in [0.1, 0.15) is 78.5 Å². The lowest BCUT2D eigenvalue weighted by atomic mass is 9.95. The lowest BCUT2D eigenvalue weighted by molar-refractivity contribution is -0.145. The van der Waals surface area contributed by atoms with E-state index in [4.69, 9.17) is 23.0 Å². The maximum atomic E-state index is 14.8. The first kappa shape index (κ1) is 112. The number of aliphatic hydroxyl groups is 1. The third-order valence-corrected chi connectivity index (χ3v) is 24.9. The summed E-state index contributed by atoms with van der Waals surface area (Å²) in [7, 11) is 0. The van der Waals surface area contributed by atoms with E-state index in [2.05, 4.69) is 74.5 Å². The van der Waals surface area contributed by atoms with E-state index in [1.807, 2.05) is 34.6 Å². The second-order valence-corrected chi connectivity index (χ2v) is 36.9. The summed E-state index contributed by atoms with van der Waals surface area (Å²) in [5.41, 5.74) is 20.5. The van der Waals surface area contributed by atoms with Crippen molar-refractivity contribution < 1.29 is 86.9 Å². The smallest absolute Gasteiger partial charge is 0.253 e. The van der Waals surface area contributed by atoms with Gasteiger partial charge in [-0.05, 0) is 189 Å². The molecule has 126 heavy (non-hydrogen) atoms. The minimum absolute atomic E-state index is 0.0146. The Bertz CT molecular complexity index is 3630. The molecule has 0 aliphatic carbocycles. The molecule has 1 aromatic rings. The molecule has 24 N–H and O–H groups in total. The molecule has 6 unspecified atom stereocenters. The first-order valence-electron chi connectivity index (χ1n) is 45.2. The van der Waals surface area contributed by atoms with Crippen LogP contribution in [0.25, 0.3) is 0 Å². The van der Waals surface area contributed by atoms with E-state index in [1.165, 1.54) is 61.7 Å². The molecule has 0 saturated carbocycles. The van der Waals surface area contributed by atoms with Crippen molar-refractivity contribution in [3.05, 3.63) is 29.8 Å². The lowest BCUT2D eigenvalue weighted by Crippen LogP contribution is -2.62. The highest BCUT2D eigenvalue weighted by Gasteiger charge is 2.43. The molecule has 714 valence electrons. The molecular weight excluding hydrogens is 1660 g/mol. The molecule has 2 fully saturated rings. The summed E-state index contributed by atoms with van der Waals surface area (Å²) in [6.07, 6.45) is 9.98. The van der Waals surface area contributed by atoms with Crippen LogP contribution < -0.4 is 97.6 Å². The van der Waals surface area contributed by atoms with Crippen LogP contribution >= 0.6 is 23.5 Å². The minimum atomic E-state index is -1.44. The van der Waals surface area contributed by atoms with Crippen molar-refractivity contribution in [3.63, 3.8) is 0 Å². The summed E-state index contributed by atoms with van der Waals surface area (Å²) in [6, 6.07) is -13.0. The number of benzene rings is 1. The number of phenolic OH excluding ortho intramolecular Hbond substituents is 1. The van der Waals surface area contributed by atoms with Crippen LogP contribution in [-0.2, 0) is 83.1 Å². The highest BCUT2D eigenvalue weighted by Crippen LogP contribution is 2.24. The molecule has 39 heteroatoms. The van der Waals surface area contributed by atoms with Crippen molar-refractivity contribution in [3.8, 4) is 5.75 Å². The number of likely N-dealkylation sites (tertiary alicyclic amines) is 1. The molecule has 1 aromatic carbocycles. The molecule has 0 spiro atoms. The number of hydrogen-bond acceptors (Lipinski definition) is 26. The van der Waals surface area contributed by atoms with Gasteiger partial charge in [-0.3, -0.25) is 83.1 Å². The Morgan fingerprint density at radius 3 is 1.67 bits per heavy atom. The highest BCUT2D eigenvalue weighted by atomic mass is 32.2. The maximum absolute atomic E-state index is 14.8. The number of nitrogens with zero attached hydrogens (tertiary/aromatic N) is 1. The van der Waals surface area contributed by atoms with Crippen molar-refractivity contribution in [1.29, 1.82) is 0 Å². The van der Waals surface area contributed by atoms with Gasteiger partial charge in [-0.15, -0.1) is 11.8 Å². The fourth-order valence-electron chi connectivity index (χ4n) is 14.5. The Balaban J connectivity index is 2.12. The number of hydrogen-bond donors (Lipinski definition) is 20. The first-order chi connectivity index (χ1) is 59.8. The number of ketones is 2. The normalized spacial score (nSPS) is 22.9. The number of aromatic hydroxyl groups is 1. The van der Waals surface area contributed by atoms with Crippen molar-refractivity contribution in [2.75, 3.05) is 50.0 Å². The summed E-state index contributed by atoms with van der Waals surface area (Å²) in [4.78, 5) is 230. The summed E-state index contributed by atoms with van der Waals surface area (Å²) < 4.78 is 0. The molecule has 2 saturated heterocycles. The van der Waals surface area contributed by atoms with E-state index in [0.29, 0.717) is 113 Å². The number of aliphatic hydroxyl groups excluding tert-OH is 1. The third-order valence-electron chi connectivity index (χ3n) is 22.6. The molecule has 2 aliphatic rings. The number of carbonyl (C=O) groups excluding carboxylic acids is 16. The number of phenols is 1. The van der Waals surface area contributed by atoms with Gasteiger partial charge in [-0.25, -0.2) is 5.43 Å². The van der Waals surface area contributed by atoms with E-state index in [0.717, 1.165) is 37.4 Å². The van der Waals surface area contributed by atoms with Crippen LogP contribution in [-0.4, -0.2) is 256 Å². The van der Waals surface area contributed by atoms with Gasteiger partial charge < -0.3 is 101 Å². The molecular formula is C87H151N19O18S2. The highest BCUT2D eigenvalue weighted by molar-refractivity contribution is 8.00. The fourth-order valence-corrected chi connectivity index (χ4v) is 16.5. The number of amides is 13. The molecule has 13 amide bonds.